The van der Waals surface area contributed by atoms with Gasteiger partial charge < -0.3 is 5.32 Å². The van der Waals surface area contributed by atoms with Gasteiger partial charge in [-0.2, -0.15) is 10.1 Å². The van der Waals surface area contributed by atoms with Gasteiger partial charge in [-0.25, -0.2) is 4.68 Å². The molecular formula is C13H13N5O2. The van der Waals surface area contributed by atoms with Crippen LogP contribution in [0.25, 0.3) is 0 Å². The summed E-state index contributed by atoms with van der Waals surface area (Å²) in [5.41, 5.74) is 1.82. The lowest BCUT2D eigenvalue weighted by Gasteiger charge is -2.09. The van der Waals surface area contributed by atoms with Crippen molar-refractivity contribution in [3.05, 3.63) is 36.2 Å². The van der Waals surface area contributed by atoms with Crippen molar-refractivity contribution in [1.29, 1.82) is 0 Å². The molecule has 1 aliphatic rings. The summed E-state index contributed by atoms with van der Waals surface area (Å²) in [6, 6.07) is 6.82. The number of rotatable bonds is 3. The lowest BCUT2D eigenvalue weighted by molar-refractivity contribution is -0.123. The molecule has 0 bridgehead atoms. The highest BCUT2D eigenvalue weighted by Crippen LogP contribution is 2.24. The predicted octanol–water partition coefficient (Wildman–Crippen LogP) is 1.11. The molecule has 2 heterocycles. The molecule has 0 aliphatic carbocycles. The minimum atomic E-state index is -0.641. The third-order valence-electron chi connectivity index (χ3n) is 3.12. The Hall–Kier alpha value is -2.70. The van der Waals surface area contributed by atoms with Crippen LogP contribution in [0.4, 0.5) is 11.6 Å². The SMILES string of the molecule is Cc1ccc(NC(=O)CC2C(=O)Nc3ncnn32)cc1. The lowest BCUT2D eigenvalue weighted by atomic mass is 10.2. The minimum Gasteiger partial charge on any atom is -0.326 e. The van der Waals surface area contributed by atoms with E-state index < -0.39 is 6.04 Å². The number of fused-ring (bicyclic) bond motifs is 1. The van der Waals surface area contributed by atoms with Gasteiger partial charge in [-0.1, -0.05) is 17.7 Å². The maximum absolute atomic E-state index is 12.0. The number of aryl methyl sites for hydroxylation is 1. The molecule has 0 spiro atoms. The molecule has 1 aromatic carbocycles. The smallest absolute Gasteiger partial charge is 0.252 e. The number of aromatic nitrogens is 3. The maximum Gasteiger partial charge on any atom is 0.252 e. The third-order valence-corrected chi connectivity index (χ3v) is 3.12. The Morgan fingerprint density at radius 2 is 2.15 bits per heavy atom. The number of hydrogen-bond donors (Lipinski definition) is 2. The van der Waals surface area contributed by atoms with E-state index in [9.17, 15) is 9.59 Å². The van der Waals surface area contributed by atoms with Crippen LogP contribution in [0.15, 0.2) is 30.6 Å². The summed E-state index contributed by atoms with van der Waals surface area (Å²) in [5.74, 6) is -0.125. The summed E-state index contributed by atoms with van der Waals surface area (Å²) in [4.78, 5) is 27.6. The first-order valence-electron chi connectivity index (χ1n) is 6.20. The van der Waals surface area contributed by atoms with Crippen molar-refractivity contribution in [2.75, 3.05) is 10.6 Å². The molecule has 2 N–H and O–H groups in total. The third kappa shape index (κ3) is 2.25. The van der Waals surface area contributed by atoms with Gasteiger partial charge >= 0.3 is 0 Å². The molecule has 3 rings (SSSR count). The fraction of sp³-hybridized carbons (Fsp3) is 0.231. The molecule has 102 valence electrons. The average molecular weight is 271 g/mol. The van der Waals surface area contributed by atoms with E-state index in [0.717, 1.165) is 5.56 Å². The maximum atomic E-state index is 12.0. The van der Waals surface area contributed by atoms with Crippen LogP contribution in [-0.4, -0.2) is 26.6 Å². The Bertz CT molecular complexity index is 662. The summed E-state index contributed by atoms with van der Waals surface area (Å²) in [7, 11) is 0. The van der Waals surface area contributed by atoms with Crippen LogP contribution < -0.4 is 10.6 Å². The zero-order valence-corrected chi connectivity index (χ0v) is 10.8. The highest BCUT2D eigenvalue weighted by molar-refractivity contribution is 6.00. The molecule has 1 atom stereocenters. The largest absolute Gasteiger partial charge is 0.326 e. The minimum absolute atomic E-state index is 0.0239. The van der Waals surface area contributed by atoms with Gasteiger partial charge in [0.15, 0.2) is 0 Å². The molecule has 2 aromatic rings. The molecule has 0 saturated heterocycles. The van der Waals surface area contributed by atoms with Crippen molar-refractivity contribution in [1.82, 2.24) is 14.8 Å². The van der Waals surface area contributed by atoms with Crippen molar-refractivity contribution in [3.63, 3.8) is 0 Å². The Kier molecular flexibility index (Phi) is 2.94. The molecule has 0 saturated carbocycles. The van der Waals surface area contributed by atoms with E-state index in [2.05, 4.69) is 20.7 Å². The first kappa shape index (κ1) is 12.3. The fourth-order valence-electron chi connectivity index (χ4n) is 2.08. The Labute approximate surface area is 115 Å². The van der Waals surface area contributed by atoms with Crippen LogP contribution in [0.5, 0.6) is 0 Å². The van der Waals surface area contributed by atoms with Gasteiger partial charge in [0.2, 0.25) is 11.9 Å². The molecule has 20 heavy (non-hydrogen) atoms. The van der Waals surface area contributed by atoms with E-state index in [4.69, 9.17) is 0 Å². The molecule has 1 aliphatic heterocycles. The van der Waals surface area contributed by atoms with Crippen molar-refractivity contribution in [3.8, 4) is 0 Å². The van der Waals surface area contributed by atoms with Crippen LogP contribution in [0.3, 0.4) is 0 Å². The first-order chi connectivity index (χ1) is 9.63. The topological polar surface area (TPSA) is 88.9 Å². The highest BCUT2D eigenvalue weighted by atomic mass is 16.2. The van der Waals surface area contributed by atoms with Crippen LogP contribution >= 0.6 is 0 Å². The molecule has 0 fully saturated rings. The second kappa shape index (κ2) is 4.76. The zero-order chi connectivity index (χ0) is 14.1. The first-order valence-corrected chi connectivity index (χ1v) is 6.20. The lowest BCUT2D eigenvalue weighted by Crippen LogP contribution is -2.23. The molecule has 7 nitrogen and oxygen atoms in total. The van der Waals surface area contributed by atoms with E-state index in [1.54, 1.807) is 0 Å². The highest BCUT2D eigenvalue weighted by Gasteiger charge is 2.33. The number of benzene rings is 1. The molecular weight excluding hydrogens is 258 g/mol. The molecule has 0 radical (unpaired) electrons. The summed E-state index contributed by atoms with van der Waals surface area (Å²) in [5, 5.41) is 9.28. The van der Waals surface area contributed by atoms with Crippen molar-refractivity contribution in [2.24, 2.45) is 0 Å². The Balaban J connectivity index is 1.68. The summed E-state index contributed by atoms with van der Waals surface area (Å²) < 4.78 is 1.43. The molecule has 1 aromatic heterocycles. The van der Waals surface area contributed by atoms with Gasteiger partial charge in [0.1, 0.15) is 12.4 Å². The van der Waals surface area contributed by atoms with Crippen molar-refractivity contribution < 1.29 is 9.59 Å². The normalized spacial score (nSPS) is 16.6. The molecule has 2 amide bonds. The zero-order valence-electron chi connectivity index (χ0n) is 10.8. The number of anilines is 2. The van der Waals surface area contributed by atoms with E-state index >= 15 is 0 Å². The average Bonchev–Trinajstić information content (AvgIpc) is 2.96. The van der Waals surface area contributed by atoms with Crippen LogP contribution in [0, 0.1) is 6.92 Å². The van der Waals surface area contributed by atoms with Crippen molar-refractivity contribution >= 4 is 23.5 Å². The van der Waals surface area contributed by atoms with Crippen LogP contribution in [-0.2, 0) is 9.59 Å². The molecule has 1 unspecified atom stereocenters. The predicted molar refractivity (Wildman–Crippen MR) is 72.1 cm³/mol. The standard InChI is InChI=1S/C13H13N5O2/c1-8-2-4-9(5-3-8)16-11(19)6-10-12(20)17-13-14-7-15-18(10)13/h2-5,7,10H,6H2,1H3,(H,16,19)(H,14,15,17,20). The fourth-order valence-corrected chi connectivity index (χ4v) is 2.08. The molecule has 7 heteroatoms. The van der Waals surface area contributed by atoms with Crippen molar-refractivity contribution in [2.45, 2.75) is 19.4 Å². The van der Waals surface area contributed by atoms with Gasteiger partial charge in [0, 0.05) is 5.69 Å². The summed E-state index contributed by atoms with van der Waals surface area (Å²) in [6.45, 7) is 1.97. The number of carbonyl (C=O) groups excluding carboxylic acids is 2. The number of nitrogens with zero attached hydrogens (tertiary/aromatic N) is 3. The quantitative estimate of drug-likeness (QED) is 0.875. The van der Waals surface area contributed by atoms with E-state index in [1.165, 1.54) is 11.0 Å². The monoisotopic (exact) mass is 271 g/mol. The Morgan fingerprint density at radius 3 is 2.90 bits per heavy atom. The van der Waals surface area contributed by atoms with E-state index in [0.29, 0.717) is 11.6 Å². The van der Waals surface area contributed by atoms with E-state index in [-0.39, 0.29) is 18.2 Å². The van der Waals surface area contributed by atoms with Gasteiger partial charge in [-0.05, 0) is 19.1 Å². The second-order valence-electron chi connectivity index (χ2n) is 4.65. The van der Waals surface area contributed by atoms with Crippen LogP contribution in [0.2, 0.25) is 0 Å². The number of carbonyl (C=O) groups is 2. The van der Waals surface area contributed by atoms with E-state index in [1.807, 2.05) is 31.2 Å². The van der Waals surface area contributed by atoms with Gasteiger partial charge in [0.25, 0.3) is 5.91 Å². The second-order valence-corrected chi connectivity index (χ2v) is 4.65. The number of hydrogen-bond acceptors (Lipinski definition) is 4. The van der Waals surface area contributed by atoms with Crippen LogP contribution in [0.1, 0.15) is 18.0 Å². The Morgan fingerprint density at radius 1 is 1.40 bits per heavy atom. The van der Waals surface area contributed by atoms with Gasteiger partial charge in [-0.15, -0.1) is 0 Å². The number of nitrogens with one attached hydrogen (secondary N) is 2. The van der Waals surface area contributed by atoms with Gasteiger partial charge in [0.05, 0.1) is 6.42 Å². The van der Waals surface area contributed by atoms with Gasteiger partial charge in [-0.3, -0.25) is 14.9 Å². The summed E-state index contributed by atoms with van der Waals surface area (Å²) in [6.07, 6.45) is 1.37. The number of amides is 2. The summed E-state index contributed by atoms with van der Waals surface area (Å²) >= 11 is 0.